The summed E-state index contributed by atoms with van der Waals surface area (Å²) < 4.78 is 5.35. The van der Waals surface area contributed by atoms with Crippen molar-refractivity contribution in [3.05, 3.63) is 29.8 Å². The van der Waals surface area contributed by atoms with Crippen molar-refractivity contribution in [2.45, 2.75) is 26.4 Å². The van der Waals surface area contributed by atoms with E-state index in [2.05, 4.69) is 0 Å². The van der Waals surface area contributed by atoms with Crippen molar-refractivity contribution < 1.29 is 14.3 Å². The Morgan fingerprint density at radius 1 is 1.35 bits per heavy atom. The van der Waals surface area contributed by atoms with Crippen LogP contribution in [-0.2, 0) is 16.0 Å². The molecule has 0 bridgehead atoms. The Hall–Kier alpha value is -1.88. The van der Waals surface area contributed by atoms with Crippen molar-refractivity contribution in [1.82, 2.24) is 5.43 Å². The first-order valence-electron chi connectivity index (χ1n) is 5.28. The fraction of sp³-hybridized carbons (Fsp3) is 0.333. The largest absolute Gasteiger partial charge is 0.481 e. The van der Waals surface area contributed by atoms with Gasteiger partial charge in [0.15, 0.2) is 6.10 Å². The standard InChI is InChI=1S/C12H16N2O3/c1-8(15)7-10-3-5-11(6-4-10)17-9(2)12(16)14-13/h3-6,9H,7,13H2,1-2H3,(H,14,16). The first kappa shape index (κ1) is 13.2. The minimum absolute atomic E-state index is 0.106. The number of carbonyl (C=O) groups is 2. The van der Waals surface area contributed by atoms with E-state index in [4.69, 9.17) is 10.6 Å². The average molecular weight is 236 g/mol. The first-order valence-corrected chi connectivity index (χ1v) is 5.28. The van der Waals surface area contributed by atoms with Crippen LogP contribution in [0.5, 0.6) is 5.75 Å². The van der Waals surface area contributed by atoms with E-state index < -0.39 is 12.0 Å². The summed E-state index contributed by atoms with van der Waals surface area (Å²) in [6.45, 7) is 3.14. The van der Waals surface area contributed by atoms with Gasteiger partial charge in [-0.3, -0.25) is 15.0 Å². The molecule has 0 aliphatic carbocycles. The van der Waals surface area contributed by atoms with Crippen LogP contribution in [0.25, 0.3) is 0 Å². The second kappa shape index (κ2) is 6.00. The lowest BCUT2D eigenvalue weighted by Crippen LogP contribution is -2.40. The molecule has 1 atom stereocenters. The van der Waals surface area contributed by atoms with Crippen molar-refractivity contribution in [3.8, 4) is 5.75 Å². The van der Waals surface area contributed by atoms with Crippen LogP contribution in [0.15, 0.2) is 24.3 Å². The summed E-state index contributed by atoms with van der Waals surface area (Å²) in [5.41, 5.74) is 2.93. The zero-order valence-corrected chi connectivity index (χ0v) is 9.90. The molecule has 1 aromatic rings. The topological polar surface area (TPSA) is 81.4 Å². The Balaban J connectivity index is 2.62. The number of nitrogens with two attached hydrogens (primary N) is 1. The van der Waals surface area contributed by atoms with Crippen molar-refractivity contribution in [3.63, 3.8) is 0 Å². The minimum atomic E-state index is -0.654. The molecule has 17 heavy (non-hydrogen) atoms. The molecular formula is C12H16N2O3. The highest BCUT2D eigenvalue weighted by atomic mass is 16.5. The Kier molecular flexibility index (Phi) is 4.66. The van der Waals surface area contributed by atoms with E-state index in [1.165, 1.54) is 6.92 Å². The van der Waals surface area contributed by atoms with E-state index >= 15 is 0 Å². The quantitative estimate of drug-likeness (QED) is 0.445. The van der Waals surface area contributed by atoms with Gasteiger partial charge in [0.05, 0.1) is 0 Å². The fourth-order valence-electron chi connectivity index (χ4n) is 1.35. The van der Waals surface area contributed by atoms with Crippen LogP contribution in [0.4, 0.5) is 0 Å². The number of Topliss-reactive ketones (excluding diaryl/α,β-unsaturated/α-hetero) is 1. The molecule has 0 fully saturated rings. The van der Waals surface area contributed by atoms with Crippen LogP contribution in [0.1, 0.15) is 19.4 Å². The molecule has 5 heteroatoms. The molecular weight excluding hydrogens is 220 g/mol. The third-order valence-corrected chi connectivity index (χ3v) is 2.20. The number of nitrogens with one attached hydrogen (secondary N) is 1. The maximum absolute atomic E-state index is 11.1. The van der Waals surface area contributed by atoms with Crippen LogP contribution in [-0.4, -0.2) is 17.8 Å². The van der Waals surface area contributed by atoms with Gasteiger partial charge >= 0.3 is 0 Å². The SMILES string of the molecule is CC(=O)Cc1ccc(OC(C)C(=O)NN)cc1. The van der Waals surface area contributed by atoms with Crippen LogP contribution < -0.4 is 16.0 Å². The van der Waals surface area contributed by atoms with Crippen LogP contribution in [0, 0.1) is 0 Å². The van der Waals surface area contributed by atoms with Gasteiger partial charge in [0.1, 0.15) is 11.5 Å². The highest BCUT2D eigenvalue weighted by Crippen LogP contribution is 2.14. The second-order valence-corrected chi connectivity index (χ2v) is 3.79. The van der Waals surface area contributed by atoms with Crippen molar-refractivity contribution >= 4 is 11.7 Å². The first-order chi connectivity index (χ1) is 8.02. The number of carbonyl (C=O) groups excluding carboxylic acids is 2. The van der Waals surface area contributed by atoms with Crippen LogP contribution in [0.3, 0.4) is 0 Å². The van der Waals surface area contributed by atoms with Crippen molar-refractivity contribution in [2.75, 3.05) is 0 Å². The highest BCUT2D eigenvalue weighted by molar-refractivity contribution is 5.80. The lowest BCUT2D eigenvalue weighted by molar-refractivity contribution is -0.127. The zero-order chi connectivity index (χ0) is 12.8. The molecule has 1 rings (SSSR count). The Morgan fingerprint density at radius 2 is 1.94 bits per heavy atom. The van der Waals surface area contributed by atoms with Gasteiger partial charge in [-0.25, -0.2) is 5.84 Å². The van der Waals surface area contributed by atoms with Gasteiger partial charge in [0.2, 0.25) is 0 Å². The maximum atomic E-state index is 11.1. The molecule has 0 aliphatic heterocycles. The van der Waals surface area contributed by atoms with Crippen LogP contribution in [0.2, 0.25) is 0 Å². The molecule has 0 aliphatic rings. The molecule has 3 N–H and O–H groups in total. The zero-order valence-electron chi connectivity index (χ0n) is 9.90. The average Bonchev–Trinajstić information content (AvgIpc) is 2.30. The van der Waals surface area contributed by atoms with E-state index in [0.717, 1.165) is 5.56 Å². The van der Waals surface area contributed by atoms with Gasteiger partial charge < -0.3 is 4.74 Å². The summed E-state index contributed by atoms with van der Waals surface area (Å²) in [7, 11) is 0. The van der Waals surface area contributed by atoms with E-state index in [9.17, 15) is 9.59 Å². The van der Waals surface area contributed by atoms with E-state index in [1.807, 2.05) is 5.43 Å². The molecule has 0 radical (unpaired) electrons. The molecule has 0 saturated heterocycles. The van der Waals surface area contributed by atoms with E-state index in [0.29, 0.717) is 12.2 Å². The molecule has 1 amide bonds. The number of hydrogen-bond acceptors (Lipinski definition) is 4. The number of amides is 1. The van der Waals surface area contributed by atoms with Gasteiger partial charge in [0.25, 0.3) is 5.91 Å². The minimum Gasteiger partial charge on any atom is -0.481 e. The van der Waals surface area contributed by atoms with E-state index in [1.54, 1.807) is 31.2 Å². The summed E-state index contributed by atoms with van der Waals surface area (Å²) >= 11 is 0. The summed E-state index contributed by atoms with van der Waals surface area (Å²) in [5.74, 6) is 5.27. The van der Waals surface area contributed by atoms with Gasteiger partial charge in [-0.05, 0) is 31.5 Å². The Bertz CT molecular complexity index is 401. The predicted octanol–water partition coefficient (Wildman–Crippen LogP) is 0.575. The summed E-state index contributed by atoms with van der Waals surface area (Å²) in [4.78, 5) is 22.0. The number of benzene rings is 1. The molecule has 1 unspecified atom stereocenters. The predicted molar refractivity (Wildman–Crippen MR) is 63.2 cm³/mol. The van der Waals surface area contributed by atoms with Crippen molar-refractivity contribution in [2.24, 2.45) is 5.84 Å². The normalized spacial score (nSPS) is 11.7. The number of rotatable bonds is 5. The molecule has 0 spiro atoms. The Morgan fingerprint density at radius 3 is 2.41 bits per heavy atom. The number of hydrogen-bond donors (Lipinski definition) is 2. The lowest BCUT2D eigenvalue weighted by Gasteiger charge is -2.13. The fourth-order valence-corrected chi connectivity index (χ4v) is 1.35. The molecule has 0 heterocycles. The summed E-state index contributed by atoms with van der Waals surface area (Å²) in [5, 5.41) is 0. The number of hydrazine groups is 1. The number of ether oxygens (including phenoxy) is 1. The van der Waals surface area contributed by atoms with Crippen molar-refractivity contribution in [1.29, 1.82) is 0 Å². The third kappa shape index (κ3) is 4.24. The van der Waals surface area contributed by atoms with Gasteiger partial charge in [0, 0.05) is 6.42 Å². The summed E-state index contributed by atoms with van der Waals surface area (Å²) in [6.07, 6.45) is -0.252. The summed E-state index contributed by atoms with van der Waals surface area (Å²) in [6, 6.07) is 7.03. The highest BCUT2D eigenvalue weighted by Gasteiger charge is 2.12. The second-order valence-electron chi connectivity index (χ2n) is 3.79. The molecule has 5 nitrogen and oxygen atoms in total. The number of ketones is 1. The van der Waals surface area contributed by atoms with Gasteiger partial charge in [-0.2, -0.15) is 0 Å². The van der Waals surface area contributed by atoms with Crippen LogP contribution >= 0.6 is 0 Å². The van der Waals surface area contributed by atoms with Gasteiger partial charge in [-0.1, -0.05) is 12.1 Å². The lowest BCUT2D eigenvalue weighted by atomic mass is 10.1. The Labute approximate surface area is 99.9 Å². The molecule has 0 aromatic heterocycles. The third-order valence-electron chi connectivity index (χ3n) is 2.20. The van der Waals surface area contributed by atoms with E-state index in [-0.39, 0.29) is 5.78 Å². The maximum Gasteiger partial charge on any atom is 0.274 e. The molecule has 1 aromatic carbocycles. The van der Waals surface area contributed by atoms with Gasteiger partial charge in [-0.15, -0.1) is 0 Å². The smallest absolute Gasteiger partial charge is 0.274 e. The molecule has 0 saturated carbocycles. The monoisotopic (exact) mass is 236 g/mol. The molecule has 92 valence electrons.